The van der Waals surface area contributed by atoms with Gasteiger partial charge in [-0.2, -0.15) is 0 Å². The molecule has 2 rings (SSSR count). The van der Waals surface area contributed by atoms with Crippen molar-refractivity contribution in [3.63, 3.8) is 0 Å². The first kappa shape index (κ1) is 16.5. The van der Waals surface area contributed by atoms with Crippen molar-refractivity contribution in [2.24, 2.45) is 0 Å². The first-order valence-electron chi connectivity index (χ1n) is 6.78. The Morgan fingerprint density at radius 2 is 2.24 bits per heavy atom. The normalized spacial score (nSPS) is 21.0. The van der Waals surface area contributed by atoms with E-state index < -0.39 is 9.84 Å². The molecular formula is C14H19BrN2O3S. The molecule has 1 N–H and O–H groups in total. The van der Waals surface area contributed by atoms with Crippen LogP contribution in [0.3, 0.4) is 0 Å². The van der Waals surface area contributed by atoms with E-state index in [4.69, 9.17) is 0 Å². The van der Waals surface area contributed by atoms with Gasteiger partial charge in [-0.1, -0.05) is 28.1 Å². The molecule has 1 amide bonds. The number of hydrogen-bond acceptors (Lipinski definition) is 4. The Balaban J connectivity index is 1.90. The van der Waals surface area contributed by atoms with Crippen LogP contribution in [0.15, 0.2) is 28.7 Å². The summed E-state index contributed by atoms with van der Waals surface area (Å²) < 4.78 is 24.1. The number of hydrogen-bond donors (Lipinski definition) is 1. The molecule has 21 heavy (non-hydrogen) atoms. The zero-order valence-corrected chi connectivity index (χ0v) is 14.3. The summed E-state index contributed by atoms with van der Waals surface area (Å²) in [5.74, 6) is 0.152. The Bertz CT molecular complexity index is 618. The summed E-state index contributed by atoms with van der Waals surface area (Å²) in [6.45, 7) is 0.938. The minimum atomic E-state index is -3.01. The summed E-state index contributed by atoms with van der Waals surface area (Å²) in [6.07, 6.45) is 0.212. The molecule has 1 aliphatic rings. The van der Waals surface area contributed by atoms with Gasteiger partial charge in [-0.05, 0) is 17.7 Å². The van der Waals surface area contributed by atoms with Gasteiger partial charge in [0.1, 0.15) is 0 Å². The first-order chi connectivity index (χ1) is 9.85. The van der Waals surface area contributed by atoms with Crippen LogP contribution in [0.1, 0.15) is 12.0 Å². The molecule has 0 aromatic heterocycles. The predicted molar refractivity (Wildman–Crippen MR) is 85.7 cm³/mol. The van der Waals surface area contributed by atoms with Crippen LogP contribution < -0.4 is 5.32 Å². The smallest absolute Gasteiger partial charge is 0.224 e. The van der Waals surface area contributed by atoms with E-state index in [9.17, 15) is 13.2 Å². The van der Waals surface area contributed by atoms with Crippen LogP contribution in [0.2, 0.25) is 0 Å². The topological polar surface area (TPSA) is 66.5 Å². The molecule has 7 heteroatoms. The summed E-state index contributed by atoms with van der Waals surface area (Å²) in [5, 5.41) is 3.10. The highest BCUT2D eigenvalue weighted by Crippen LogP contribution is 2.14. The average molecular weight is 375 g/mol. The highest BCUT2D eigenvalue weighted by molar-refractivity contribution is 9.10. The minimum absolute atomic E-state index is 0.0451. The molecule has 0 spiro atoms. The largest absolute Gasteiger partial charge is 0.341 e. The number of carbonyl (C=O) groups excluding carboxylic acids is 1. The van der Waals surface area contributed by atoms with Crippen LogP contribution in [0.25, 0.3) is 0 Å². The van der Waals surface area contributed by atoms with Gasteiger partial charge in [0.25, 0.3) is 0 Å². The molecule has 1 unspecified atom stereocenters. The van der Waals surface area contributed by atoms with Crippen LogP contribution in [-0.4, -0.2) is 50.4 Å². The monoisotopic (exact) mass is 374 g/mol. The van der Waals surface area contributed by atoms with Crippen molar-refractivity contribution in [3.8, 4) is 0 Å². The van der Waals surface area contributed by atoms with Gasteiger partial charge in [0.15, 0.2) is 9.84 Å². The van der Waals surface area contributed by atoms with Gasteiger partial charge in [0.2, 0.25) is 5.91 Å². The molecule has 5 nitrogen and oxygen atoms in total. The van der Waals surface area contributed by atoms with E-state index in [0.29, 0.717) is 13.1 Å². The van der Waals surface area contributed by atoms with E-state index in [1.165, 1.54) is 0 Å². The average Bonchev–Trinajstić information content (AvgIpc) is 2.37. The third-order valence-corrected chi connectivity index (χ3v) is 5.69. The van der Waals surface area contributed by atoms with Crippen LogP contribution in [0.5, 0.6) is 0 Å². The molecule has 0 saturated carbocycles. The van der Waals surface area contributed by atoms with Gasteiger partial charge in [-0.15, -0.1) is 0 Å². The number of nitrogens with one attached hydrogen (secondary N) is 1. The molecule has 0 radical (unpaired) electrons. The number of amides is 1. The summed E-state index contributed by atoms with van der Waals surface area (Å²) >= 11 is 3.40. The molecule has 116 valence electrons. The molecule has 1 aliphatic heterocycles. The second-order valence-electron chi connectivity index (χ2n) is 5.35. The number of benzene rings is 1. The Morgan fingerprint density at radius 1 is 1.48 bits per heavy atom. The fourth-order valence-corrected chi connectivity index (χ4v) is 4.25. The second kappa shape index (κ2) is 6.89. The van der Waals surface area contributed by atoms with E-state index >= 15 is 0 Å². The SMILES string of the molecule is CN(Cc1cccc(Br)c1)C(=O)CC1CS(=O)(=O)CCN1. The van der Waals surface area contributed by atoms with Crippen LogP contribution >= 0.6 is 15.9 Å². The predicted octanol–water partition coefficient (Wildman–Crippen LogP) is 1.18. The molecule has 1 saturated heterocycles. The maximum Gasteiger partial charge on any atom is 0.224 e. The Labute approximate surface area is 133 Å². The van der Waals surface area contributed by atoms with Crippen molar-refractivity contribution in [3.05, 3.63) is 34.3 Å². The minimum Gasteiger partial charge on any atom is -0.341 e. The zero-order valence-electron chi connectivity index (χ0n) is 11.9. The number of halogens is 1. The van der Waals surface area contributed by atoms with Gasteiger partial charge in [-0.25, -0.2) is 8.42 Å². The van der Waals surface area contributed by atoms with E-state index in [1.807, 2.05) is 24.3 Å². The molecule has 1 atom stereocenters. The van der Waals surface area contributed by atoms with Gasteiger partial charge in [0.05, 0.1) is 11.5 Å². The van der Waals surface area contributed by atoms with E-state index in [1.54, 1.807) is 11.9 Å². The maximum atomic E-state index is 12.2. The van der Waals surface area contributed by atoms with Crippen molar-refractivity contribution in [2.75, 3.05) is 25.1 Å². The number of sulfone groups is 1. The lowest BCUT2D eigenvalue weighted by atomic mass is 10.2. The van der Waals surface area contributed by atoms with Crippen LogP contribution in [-0.2, 0) is 21.2 Å². The van der Waals surface area contributed by atoms with Crippen molar-refractivity contribution >= 4 is 31.7 Å². The third kappa shape index (κ3) is 5.09. The molecule has 1 aromatic rings. The van der Waals surface area contributed by atoms with Crippen molar-refractivity contribution in [1.82, 2.24) is 10.2 Å². The molecule has 1 aromatic carbocycles. The standard InChI is InChI=1S/C14H19BrN2O3S/c1-17(9-11-3-2-4-12(15)7-11)14(18)8-13-10-21(19,20)6-5-16-13/h2-4,7,13,16H,5-6,8-10H2,1H3. The fraction of sp³-hybridized carbons (Fsp3) is 0.500. The quantitative estimate of drug-likeness (QED) is 0.859. The summed E-state index contributed by atoms with van der Waals surface area (Å²) in [7, 11) is -1.27. The summed E-state index contributed by atoms with van der Waals surface area (Å²) in [6, 6.07) is 7.50. The van der Waals surface area contributed by atoms with Crippen molar-refractivity contribution in [2.45, 2.75) is 19.0 Å². The lowest BCUT2D eigenvalue weighted by Gasteiger charge is -2.25. The van der Waals surface area contributed by atoms with Gasteiger partial charge >= 0.3 is 0 Å². The van der Waals surface area contributed by atoms with Crippen LogP contribution in [0, 0.1) is 0 Å². The molecule has 0 aliphatic carbocycles. The second-order valence-corrected chi connectivity index (χ2v) is 8.49. The lowest BCUT2D eigenvalue weighted by molar-refractivity contribution is -0.130. The fourth-order valence-electron chi connectivity index (χ4n) is 2.36. The Hall–Kier alpha value is -0.920. The van der Waals surface area contributed by atoms with Crippen molar-refractivity contribution < 1.29 is 13.2 Å². The van der Waals surface area contributed by atoms with Gasteiger partial charge in [0, 0.05) is 37.1 Å². The van der Waals surface area contributed by atoms with E-state index in [0.717, 1.165) is 10.0 Å². The van der Waals surface area contributed by atoms with Crippen LogP contribution in [0.4, 0.5) is 0 Å². The summed E-state index contributed by atoms with van der Waals surface area (Å²) in [5.41, 5.74) is 1.03. The van der Waals surface area contributed by atoms with Gasteiger partial charge < -0.3 is 10.2 Å². The Kier molecular flexibility index (Phi) is 5.40. The lowest BCUT2D eigenvalue weighted by Crippen LogP contribution is -2.47. The molecule has 1 heterocycles. The Morgan fingerprint density at radius 3 is 2.90 bits per heavy atom. The zero-order chi connectivity index (χ0) is 15.5. The first-order valence-corrected chi connectivity index (χ1v) is 9.39. The highest BCUT2D eigenvalue weighted by Gasteiger charge is 2.26. The van der Waals surface area contributed by atoms with E-state index in [-0.39, 0.29) is 29.9 Å². The number of rotatable bonds is 4. The molecule has 0 bridgehead atoms. The maximum absolute atomic E-state index is 12.2. The number of nitrogens with zero attached hydrogens (tertiary/aromatic N) is 1. The third-order valence-electron chi connectivity index (χ3n) is 3.46. The molecular weight excluding hydrogens is 356 g/mol. The summed E-state index contributed by atoms with van der Waals surface area (Å²) in [4.78, 5) is 13.8. The van der Waals surface area contributed by atoms with Crippen molar-refractivity contribution in [1.29, 1.82) is 0 Å². The van der Waals surface area contributed by atoms with E-state index in [2.05, 4.69) is 21.2 Å². The highest BCUT2D eigenvalue weighted by atomic mass is 79.9. The molecule has 1 fully saturated rings. The van der Waals surface area contributed by atoms with Gasteiger partial charge in [-0.3, -0.25) is 4.79 Å². The number of carbonyl (C=O) groups is 1.